The van der Waals surface area contributed by atoms with Crippen molar-refractivity contribution in [2.45, 2.75) is 25.8 Å². The van der Waals surface area contributed by atoms with Gasteiger partial charge in [-0.3, -0.25) is 19.3 Å². The molecule has 2 bridgehead atoms. The summed E-state index contributed by atoms with van der Waals surface area (Å²) >= 11 is 0. The molecule has 3 fully saturated rings. The summed E-state index contributed by atoms with van der Waals surface area (Å²) in [5.74, 6) is 0.345. The number of aromatic nitrogens is 3. The summed E-state index contributed by atoms with van der Waals surface area (Å²) in [5.41, 5.74) is 2.01. The van der Waals surface area contributed by atoms with Crippen LogP contribution in [0.15, 0.2) is 30.7 Å². The molecule has 0 aliphatic carbocycles. The molecule has 136 valence electrons. The number of aryl methyl sites for hydroxylation is 2. The second kappa shape index (κ2) is 6.55. The molecule has 7 nitrogen and oxygen atoms in total. The molecule has 26 heavy (non-hydrogen) atoms. The lowest BCUT2D eigenvalue weighted by atomic mass is 9.94. The van der Waals surface area contributed by atoms with E-state index < -0.39 is 0 Å². The molecule has 0 unspecified atom stereocenters. The molecule has 2 aromatic rings. The normalized spacial score (nSPS) is 22.4. The van der Waals surface area contributed by atoms with Crippen molar-refractivity contribution >= 4 is 11.8 Å². The lowest BCUT2D eigenvalue weighted by Crippen LogP contribution is -2.47. The number of nitrogens with zero attached hydrogens (tertiary/aromatic N) is 5. The van der Waals surface area contributed by atoms with Crippen molar-refractivity contribution in [3.63, 3.8) is 0 Å². The Kier molecular flexibility index (Phi) is 4.22. The Morgan fingerprint density at radius 1 is 1.15 bits per heavy atom. The van der Waals surface area contributed by atoms with Crippen molar-refractivity contribution < 1.29 is 9.59 Å². The molecule has 2 amide bonds. The molecule has 2 atom stereocenters. The highest BCUT2D eigenvalue weighted by Gasteiger charge is 2.39. The van der Waals surface area contributed by atoms with Gasteiger partial charge < -0.3 is 9.80 Å². The molecule has 2 aromatic heterocycles. The van der Waals surface area contributed by atoms with Crippen LogP contribution in [0.25, 0.3) is 0 Å². The summed E-state index contributed by atoms with van der Waals surface area (Å²) in [6, 6.07) is 3.63. The first-order valence-corrected chi connectivity index (χ1v) is 9.03. The van der Waals surface area contributed by atoms with Crippen molar-refractivity contribution in [2.24, 2.45) is 13.0 Å². The van der Waals surface area contributed by atoms with Gasteiger partial charge in [0.15, 0.2) is 0 Å². The minimum atomic E-state index is 0.00172. The summed E-state index contributed by atoms with van der Waals surface area (Å²) < 4.78 is 1.68. The molecular weight excluding hydrogens is 330 g/mol. The van der Waals surface area contributed by atoms with E-state index >= 15 is 0 Å². The Morgan fingerprint density at radius 3 is 2.69 bits per heavy atom. The molecule has 3 aliphatic heterocycles. The van der Waals surface area contributed by atoms with Crippen molar-refractivity contribution in [2.75, 3.05) is 19.6 Å². The number of carbonyl (C=O) groups is 2. The molecular formula is C19H23N5O2. The third-order valence-corrected chi connectivity index (χ3v) is 5.41. The van der Waals surface area contributed by atoms with E-state index in [9.17, 15) is 9.59 Å². The highest BCUT2D eigenvalue weighted by molar-refractivity contribution is 5.96. The topological polar surface area (TPSA) is 71.3 Å². The van der Waals surface area contributed by atoms with Crippen molar-refractivity contribution in [3.05, 3.63) is 47.5 Å². The average Bonchev–Trinajstić information content (AvgIpc) is 2.82. The largest absolute Gasteiger partial charge is 0.336 e. The van der Waals surface area contributed by atoms with E-state index in [0.29, 0.717) is 36.7 Å². The van der Waals surface area contributed by atoms with E-state index in [1.54, 1.807) is 35.4 Å². The van der Waals surface area contributed by atoms with Crippen LogP contribution in [0.4, 0.5) is 0 Å². The van der Waals surface area contributed by atoms with Crippen LogP contribution >= 0.6 is 0 Å². The number of piperidine rings is 1. The van der Waals surface area contributed by atoms with E-state index in [4.69, 9.17) is 0 Å². The zero-order valence-electron chi connectivity index (χ0n) is 15.1. The van der Waals surface area contributed by atoms with E-state index in [-0.39, 0.29) is 17.9 Å². The molecule has 0 saturated carbocycles. The maximum Gasteiger partial charge on any atom is 0.257 e. The van der Waals surface area contributed by atoms with Crippen LogP contribution in [0.1, 0.15) is 39.3 Å². The van der Waals surface area contributed by atoms with Crippen LogP contribution in [0, 0.1) is 12.8 Å². The van der Waals surface area contributed by atoms with Gasteiger partial charge in [0, 0.05) is 51.3 Å². The second-order valence-electron chi connectivity index (χ2n) is 7.31. The summed E-state index contributed by atoms with van der Waals surface area (Å²) in [5, 5.41) is 4.29. The predicted octanol–water partition coefficient (Wildman–Crippen LogP) is 1.50. The van der Waals surface area contributed by atoms with Crippen molar-refractivity contribution in [1.82, 2.24) is 24.6 Å². The van der Waals surface area contributed by atoms with Crippen LogP contribution in [-0.2, 0) is 7.05 Å². The molecule has 0 N–H and O–H groups in total. The van der Waals surface area contributed by atoms with Gasteiger partial charge in [0.1, 0.15) is 0 Å². The van der Waals surface area contributed by atoms with E-state index in [1.165, 1.54) is 0 Å². The van der Waals surface area contributed by atoms with Gasteiger partial charge in [0.25, 0.3) is 11.8 Å². The Labute approximate surface area is 152 Å². The van der Waals surface area contributed by atoms with Gasteiger partial charge in [-0.2, -0.15) is 5.10 Å². The first-order valence-electron chi connectivity index (χ1n) is 9.03. The SMILES string of the molecule is Cc1nn(C)cc1C(=O)N1C[C@H]2CC[C@@H]1CN(C(=O)c1cccnc1)C2. The lowest BCUT2D eigenvalue weighted by Gasteiger charge is -2.36. The number of amides is 2. The highest BCUT2D eigenvalue weighted by Crippen LogP contribution is 2.30. The third-order valence-electron chi connectivity index (χ3n) is 5.41. The predicted molar refractivity (Wildman–Crippen MR) is 95.6 cm³/mol. The minimum Gasteiger partial charge on any atom is -0.336 e. The Hall–Kier alpha value is -2.70. The highest BCUT2D eigenvalue weighted by atomic mass is 16.2. The first kappa shape index (κ1) is 16.8. The third kappa shape index (κ3) is 2.98. The molecule has 0 spiro atoms. The van der Waals surface area contributed by atoms with E-state index in [2.05, 4.69) is 10.1 Å². The van der Waals surface area contributed by atoms with Gasteiger partial charge in [-0.1, -0.05) is 0 Å². The van der Waals surface area contributed by atoms with Crippen molar-refractivity contribution in [3.8, 4) is 0 Å². The summed E-state index contributed by atoms with van der Waals surface area (Å²) in [7, 11) is 1.83. The molecule has 5 rings (SSSR count). The molecule has 3 aliphatic rings. The zero-order chi connectivity index (χ0) is 18.3. The van der Waals surface area contributed by atoms with Crippen LogP contribution in [0.2, 0.25) is 0 Å². The summed E-state index contributed by atoms with van der Waals surface area (Å²) in [4.78, 5) is 33.8. The molecule has 0 radical (unpaired) electrons. The number of rotatable bonds is 2. The Balaban J connectivity index is 1.56. The quantitative estimate of drug-likeness (QED) is 0.820. The van der Waals surface area contributed by atoms with Crippen LogP contribution in [0.5, 0.6) is 0 Å². The molecule has 0 aromatic carbocycles. The van der Waals surface area contributed by atoms with Crippen LogP contribution in [0.3, 0.4) is 0 Å². The zero-order valence-corrected chi connectivity index (χ0v) is 15.1. The summed E-state index contributed by atoms with van der Waals surface area (Å²) in [6.45, 7) is 3.84. The standard InChI is InChI=1S/C19H23N5O2/c1-13-17(12-22(2)21-13)19(26)24-10-14-5-6-16(24)11-23(9-14)18(25)15-4-3-7-20-8-15/h3-4,7-8,12,14,16H,5-6,9-11H2,1-2H3/t14-,16+/m0/s1. The van der Waals surface area contributed by atoms with Gasteiger partial charge in [0.2, 0.25) is 0 Å². The second-order valence-corrected chi connectivity index (χ2v) is 7.31. The van der Waals surface area contributed by atoms with Gasteiger partial charge in [-0.15, -0.1) is 0 Å². The fourth-order valence-electron chi connectivity index (χ4n) is 4.13. The molecule has 5 heterocycles. The minimum absolute atomic E-state index is 0.00172. The number of hydrogen-bond donors (Lipinski definition) is 0. The fraction of sp³-hybridized carbons (Fsp3) is 0.474. The van der Waals surface area contributed by atoms with E-state index in [1.807, 2.05) is 23.8 Å². The maximum absolute atomic E-state index is 13.1. The van der Waals surface area contributed by atoms with E-state index in [0.717, 1.165) is 18.5 Å². The number of pyridine rings is 1. The van der Waals surface area contributed by atoms with Crippen LogP contribution in [-0.4, -0.2) is 62.1 Å². The summed E-state index contributed by atoms with van der Waals surface area (Å²) in [6.07, 6.45) is 7.05. The average molecular weight is 353 g/mol. The van der Waals surface area contributed by atoms with Gasteiger partial charge in [0.05, 0.1) is 16.8 Å². The van der Waals surface area contributed by atoms with Gasteiger partial charge >= 0.3 is 0 Å². The maximum atomic E-state index is 13.1. The lowest BCUT2D eigenvalue weighted by molar-refractivity contribution is 0.0573. The number of fused-ring (bicyclic) bond motifs is 4. The van der Waals surface area contributed by atoms with Gasteiger partial charge in [-0.05, 0) is 37.8 Å². The van der Waals surface area contributed by atoms with Crippen LogP contribution < -0.4 is 0 Å². The smallest absolute Gasteiger partial charge is 0.257 e. The number of hydrogen-bond acceptors (Lipinski definition) is 4. The Morgan fingerprint density at radius 2 is 2.00 bits per heavy atom. The van der Waals surface area contributed by atoms with Gasteiger partial charge in [-0.25, -0.2) is 0 Å². The van der Waals surface area contributed by atoms with Crippen molar-refractivity contribution in [1.29, 1.82) is 0 Å². The molecule has 3 saturated heterocycles. The monoisotopic (exact) mass is 353 g/mol. The fourth-order valence-corrected chi connectivity index (χ4v) is 4.13. The Bertz CT molecular complexity index is 832. The molecule has 7 heteroatoms. The first-order chi connectivity index (χ1) is 12.5. The number of carbonyl (C=O) groups excluding carboxylic acids is 2.